The van der Waals surface area contributed by atoms with Crippen LogP contribution in [0.2, 0.25) is 0 Å². The molecule has 2 aliphatic rings. The number of benzene rings is 1. The molecule has 0 saturated carbocycles. The molecule has 0 N–H and O–H groups in total. The Hall–Kier alpha value is -1.57. The monoisotopic (exact) mass is 271 g/mol. The largest absolute Gasteiger partial charge is 0.373 e. The summed E-state index contributed by atoms with van der Waals surface area (Å²) in [6.45, 7) is 8.33. The molecule has 0 bridgehead atoms. The SMILES string of the molecule is CC(C)N1CCO[C@H]2CN(c3ccc(C#N)cc3)C[C@H]21. The Kier molecular flexibility index (Phi) is 3.64. The van der Waals surface area contributed by atoms with Crippen molar-refractivity contribution in [3.63, 3.8) is 0 Å². The Balaban J connectivity index is 1.76. The molecule has 0 spiro atoms. The number of hydrogen-bond donors (Lipinski definition) is 0. The lowest BCUT2D eigenvalue weighted by molar-refractivity contribution is -0.0580. The number of ether oxygens (including phenoxy) is 1. The number of hydrogen-bond acceptors (Lipinski definition) is 4. The van der Waals surface area contributed by atoms with E-state index >= 15 is 0 Å². The van der Waals surface area contributed by atoms with Crippen molar-refractivity contribution < 1.29 is 4.74 Å². The molecule has 0 amide bonds. The van der Waals surface area contributed by atoms with Gasteiger partial charge in [-0.15, -0.1) is 0 Å². The fourth-order valence-corrected chi connectivity index (χ4v) is 3.31. The molecule has 4 heteroatoms. The summed E-state index contributed by atoms with van der Waals surface area (Å²) in [5, 5.41) is 8.87. The molecule has 106 valence electrons. The van der Waals surface area contributed by atoms with Gasteiger partial charge in [0.1, 0.15) is 0 Å². The van der Waals surface area contributed by atoms with Crippen LogP contribution >= 0.6 is 0 Å². The van der Waals surface area contributed by atoms with Crippen molar-refractivity contribution in [2.75, 3.05) is 31.1 Å². The topological polar surface area (TPSA) is 39.5 Å². The van der Waals surface area contributed by atoms with Crippen molar-refractivity contribution in [1.82, 2.24) is 4.90 Å². The Bertz CT molecular complexity index is 505. The van der Waals surface area contributed by atoms with Gasteiger partial charge in [-0.2, -0.15) is 5.26 Å². The summed E-state index contributed by atoms with van der Waals surface area (Å²) in [7, 11) is 0. The lowest BCUT2D eigenvalue weighted by Crippen LogP contribution is -2.53. The van der Waals surface area contributed by atoms with Crippen molar-refractivity contribution in [3.8, 4) is 6.07 Å². The fraction of sp³-hybridized carbons (Fsp3) is 0.562. The molecule has 0 aliphatic carbocycles. The highest BCUT2D eigenvalue weighted by atomic mass is 16.5. The number of nitrogens with zero attached hydrogens (tertiary/aromatic N) is 3. The van der Waals surface area contributed by atoms with Gasteiger partial charge in [-0.25, -0.2) is 0 Å². The van der Waals surface area contributed by atoms with E-state index in [4.69, 9.17) is 10.00 Å². The van der Waals surface area contributed by atoms with Crippen LogP contribution in [0.1, 0.15) is 19.4 Å². The molecule has 0 aromatic heterocycles. The molecule has 0 radical (unpaired) electrons. The summed E-state index contributed by atoms with van der Waals surface area (Å²) in [5.41, 5.74) is 1.90. The molecule has 2 saturated heterocycles. The van der Waals surface area contributed by atoms with Crippen LogP contribution in [0.15, 0.2) is 24.3 Å². The fourth-order valence-electron chi connectivity index (χ4n) is 3.31. The summed E-state index contributed by atoms with van der Waals surface area (Å²) in [5.74, 6) is 0. The van der Waals surface area contributed by atoms with E-state index < -0.39 is 0 Å². The van der Waals surface area contributed by atoms with E-state index in [0.29, 0.717) is 23.8 Å². The van der Waals surface area contributed by atoms with Crippen LogP contribution in [0.3, 0.4) is 0 Å². The Morgan fingerprint density at radius 2 is 2.00 bits per heavy atom. The summed E-state index contributed by atoms with van der Waals surface area (Å²) in [6, 6.07) is 11.1. The molecular formula is C16H21N3O. The van der Waals surface area contributed by atoms with Crippen molar-refractivity contribution >= 4 is 5.69 Å². The quantitative estimate of drug-likeness (QED) is 0.823. The Morgan fingerprint density at radius 1 is 1.25 bits per heavy atom. The molecule has 2 atom stereocenters. The zero-order valence-electron chi connectivity index (χ0n) is 12.1. The van der Waals surface area contributed by atoms with Crippen molar-refractivity contribution in [2.24, 2.45) is 0 Å². The van der Waals surface area contributed by atoms with E-state index in [1.165, 1.54) is 5.69 Å². The average Bonchev–Trinajstić information content (AvgIpc) is 2.90. The normalized spacial score (nSPS) is 26.6. The Morgan fingerprint density at radius 3 is 2.65 bits per heavy atom. The average molecular weight is 271 g/mol. The molecule has 0 unspecified atom stereocenters. The first-order chi connectivity index (χ1) is 9.69. The third-order valence-corrected chi connectivity index (χ3v) is 4.37. The lowest BCUT2D eigenvalue weighted by atomic mass is 10.1. The van der Waals surface area contributed by atoms with Gasteiger partial charge in [0.15, 0.2) is 0 Å². The van der Waals surface area contributed by atoms with Crippen LogP contribution in [-0.4, -0.2) is 49.3 Å². The van der Waals surface area contributed by atoms with Crippen LogP contribution in [0.5, 0.6) is 0 Å². The highest BCUT2D eigenvalue weighted by molar-refractivity contribution is 5.51. The van der Waals surface area contributed by atoms with Crippen LogP contribution in [-0.2, 0) is 4.74 Å². The first-order valence-corrected chi connectivity index (χ1v) is 7.31. The molecule has 4 nitrogen and oxygen atoms in total. The molecule has 2 fully saturated rings. The van der Waals surface area contributed by atoms with Crippen molar-refractivity contribution in [1.29, 1.82) is 5.26 Å². The lowest BCUT2D eigenvalue weighted by Gasteiger charge is -2.39. The van der Waals surface area contributed by atoms with Gasteiger partial charge in [-0.3, -0.25) is 4.90 Å². The maximum atomic E-state index is 8.87. The predicted molar refractivity (Wildman–Crippen MR) is 78.7 cm³/mol. The molecule has 1 aromatic carbocycles. The third kappa shape index (κ3) is 2.39. The van der Waals surface area contributed by atoms with E-state index in [9.17, 15) is 0 Å². The van der Waals surface area contributed by atoms with E-state index in [2.05, 4.69) is 29.7 Å². The maximum Gasteiger partial charge on any atom is 0.0991 e. The highest BCUT2D eigenvalue weighted by Crippen LogP contribution is 2.28. The number of nitriles is 1. The minimum atomic E-state index is 0.307. The van der Waals surface area contributed by atoms with E-state index in [0.717, 1.165) is 26.2 Å². The van der Waals surface area contributed by atoms with Gasteiger partial charge >= 0.3 is 0 Å². The van der Waals surface area contributed by atoms with Gasteiger partial charge < -0.3 is 9.64 Å². The van der Waals surface area contributed by atoms with Crippen molar-refractivity contribution in [3.05, 3.63) is 29.8 Å². The highest BCUT2D eigenvalue weighted by Gasteiger charge is 2.40. The number of fused-ring (bicyclic) bond motifs is 1. The molecule has 2 heterocycles. The van der Waals surface area contributed by atoms with Gasteiger partial charge in [0, 0.05) is 31.4 Å². The second-order valence-corrected chi connectivity index (χ2v) is 5.87. The van der Waals surface area contributed by atoms with Crippen molar-refractivity contribution in [2.45, 2.75) is 32.0 Å². The van der Waals surface area contributed by atoms with Crippen LogP contribution in [0, 0.1) is 11.3 Å². The van der Waals surface area contributed by atoms with E-state index in [1.807, 2.05) is 24.3 Å². The number of anilines is 1. The molecule has 3 rings (SSSR count). The predicted octanol–water partition coefficient (Wildman–Crippen LogP) is 1.86. The minimum Gasteiger partial charge on any atom is -0.373 e. The second-order valence-electron chi connectivity index (χ2n) is 5.87. The summed E-state index contributed by atoms with van der Waals surface area (Å²) >= 11 is 0. The van der Waals surface area contributed by atoms with Crippen LogP contribution in [0.4, 0.5) is 5.69 Å². The standard InChI is InChI=1S/C16H21N3O/c1-12(2)19-7-8-20-16-11-18(10-15(16)19)14-5-3-13(9-17)4-6-14/h3-6,12,15-16H,7-8,10-11H2,1-2H3/t15-,16+/m1/s1. The Labute approximate surface area is 120 Å². The third-order valence-electron chi connectivity index (χ3n) is 4.37. The molecule has 20 heavy (non-hydrogen) atoms. The maximum absolute atomic E-state index is 8.87. The van der Waals surface area contributed by atoms with Gasteiger partial charge in [0.25, 0.3) is 0 Å². The summed E-state index contributed by atoms with van der Waals surface area (Å²) < 4.78 is 5.94. The first-order valence-electron chi connectivity index (χ1n) is 7.31. The smallest absolute Gasteiger partial charge is 0.0991 e. The van der Waals surface area contributed by atoms with E-state index in [-0.39, 0.29) is 0 Å². The van der Waals surface area contributed by atoms with Gasteiger partial charge in [-0.1, -0.05) is 0 Å². The van der Waals surface area contributed by atoms with Crippen LogP contribution in [0.25, 0.3) is 0 Å². The molecule has 1 aromatic rings. The van der Waals surface area contributed by atoms with Gasteiger partial charge in [-0.05, 0) is 38.1 Å². The second kappa shape index (κ2) is 5.43. The molecular weight excluding hydrogens is 250 g/mol. The summed E-state index contributed by atoms with van der Waals surface area (Å²) in [6.07, 6.45) is 0.307. The number of morpholine rings is 1. The van der Waals surface area contributed by atoms with Gasteiger partial charge in [0.05, 0.1) is 30.4 Å². The molecule has 2 aliphatic heterocycles. The number of rotatable bonds is 2. The zero-order valence-corrected chi connectivity index (χ0v) is 12.1. The van der Waals surface area contributed by atoms with Gasteiger partial charge in [0.2, 0.25) is 0 Å². The minimum absolute atomic E-state index is 0.307. The van der Waals surface area contributed by atoms with Crippen LogP contribution < -0.4 is 4.90 Å². The van der Waals surface area contributed by atoms with E-state index in [1.54, 1.807) is 0 Å². The zero-order chi connectivity index (χ0) is 14.1. The summed E-state index contributed by atoms with van der Waals surface area (Å²) in [4.78, 5) is 4.93. The first kappa shape index (κ1) is 13.4.